The third kappa shape index (κ3) is 3.90. The molecule has 2 nitrogen and oxygen atoms in total. The highest BCUT2D eigenvalue weighted by atomic mass is 35.5. The number of hydrogen-bond acceptors (Lipinski definition) is 3. The number of benzene rings is 1. The Morgan fingerprint density at radius 3 is 2.43 bits per heavy atom. The summed E-state index contributed by atoms with van der Waals surface area (Å²) < 4.78 is 40.0. The zero-order chi connectivity index (χ0) is 15.6. The number of halogens is 4. The van der Waals surface area contributed by atoms with Crippen LogP contribution in [0.15, 0.2) is 29.3 Å². The van der Waals surface area contributed by atoms with Crippen LogP contribution in [0.5, 0.6) is 0 Å². The predicted molar refractivity (Wildman–Crippen MR) is 81.9 cm³/mol. The van der Waals surface area contributed by atoms with Gasteiger partial charge in [-0.1, -0.05) is 23.7 Å². The Balaban J connectivity index is 2.24. The predicted octanol–water partition coefficient (Wildman–Crippen LogP) is 4.81. The van der Waals surface area contributed by atoms with Crippen LogP contribution in [0.3, 0.4) is 0 Å². The summed E-state index contributed by atoms with van der Waals surface area (Å²) in [4.78, 5) is 0. The minimum atomic E-state index is -4.46. The van der Waals surface area contributed by atoms with Crippen molar-refractivity contribution in [1.29, 1.82) is 0 Å². The molecule has 0 N–H and O–H groups in total. The molecule has 21 heavy (non-hydrogen) atoms. The van der Waals surface area contributed by atoms with E-state index in [-0.39, 0.29) is 11.3 Å². The molecule has 2 aromatic rings. The lowest BCUT2D eigenvalue weighted by molar-refractivity contribution is -0.141. The minimum Gasteiger partial charge on any atom is -0.261 e. The van der Waals surface area contributed by atoms with E-state index in [4.69, 9.17) is 11.6 Å². The van der Waals surface area contributed by atoms with Crippen LogP contribution in [0.25, 0.3) is 0 Å². The van der Waals surface area contributed by atoms with Crippen molar-refractivity contribution >= 4 is 36.0 Å². The zero-order valence-electron chi connectivity index (χ0n) is 11.0. The van der Waals surface area contributed by atoms with Crippen molar-refractivity contribution in [2.45, 2.75) is 22.7 Å². The first kappa shape index (κ1) is 16.6. The van der Waals surface area contributed by atoms with Gasteiger partial charge in [0.25, 0.3) is 0 Å². The number of thioether (sulfide) groups is 1. The van der Waals surface area contributed by atoms with E-state index in [1.54, 1.807) is 12.1 Å². The van der Waals surface area contributed by atoms with E-state index in [9.17, 15) is 13.2 Å². The molecule has 0 bridgehead atoms. The van der Waals surface area contributed by atoms with Crippen LogP contribution >= 0.6 is 36.0 Å². The molecular formula is C13H12ClF3N2S2. The molecule has 0 atom stereocenters. The maximum atomic E-state index is 12.9. The molecule has 114 valence electrons. The number of nitrogens with zero attached hydrogens (tertiary/aromatic N) is 2. The third-order valence-corrected chi connectivity index (χ3v) is 4.63. The molecule has 0 saturated heterocycles. The fourth-order valence-corrected chi connectivity index (χ4v) is 3.43. The van der Waals surface area contributed by atoms with Gasteiger partial charge in [0.2, 0.25) is 0 Å². The molecule has 0 amide bonds. The van der Waals surface area contributed by atoms with Crippen LogP contribution in [0.4, 0.5) is 13.2 Å². The second kappa shape index (κ2) is 6.54. The van der Waals surface area contributed by atoms with Gasteiger partial charge in [-0.25, -0.2) is 0 Å². The van der Waals surface area contributed by atoms with Crippen molar-refractivity contribution in [3.8, 4) is 0 Å². The van der Waals surface area contributed by atoms with Gasteiger partial charge in [0.05, 0.1) is 5.03 Å². The molecule has 0 aliphatic rings. The second-order valence-electron chi connectivity index (χ2n) is 4.33. The number of thiol groups is 1. The number of aromatic nitrogens is 2. The molecule has 0 spiro atoms. The molecule has 2 rings (SSSR count). The van der Waals surface area contributed by atoms with Gasteiger partial charge in [-0.2, -0.15) is 30.9 Å². The zero-order valence-corrected chi connectivity index (χ0v) is 13.5. The fourth-order valence-electron chi connectivity index (χ4n) is 1.84. The Kier molecular flexibility index (Phi) is 5.16. The Labute approximate surface area is 135 Å². The Morgan fingerprint density at radius 2 is 1.90 bits per heavy atom. The van der Waals surface area contributed by atoms with E-state index in [0.29, 0.717) is 15.8 Å². The molecule has 1 aromatic carbocycles. The van der Waals surface area contributed by atoms with Gasteiger partial charge in [-0.3, -0.25) is 4.68 Å². The minimum absolute atomic E-state index is 0.00830. The molecule has 0 saturated carbocycles. The number of hydrogen-bond donors (Lipinski definition) is 1. The molecule has 0 fully saturated rings. The number of alkyl halides is 3. The Bertz CT molecular complexity index is 624. The maximum absolute atomic E-state index is 12.9. The van der Waals surface area contributed by atoms with Gasteiger partial charge < -0.3 is 0 Å². The van der Waals surface area contributed by atoms with Crippen LogP contribution in [0, 0.1) is 0 Å². The average molecular weight is 353 g/mol. The summed E-state index contributed by atoms with van der Waals surface area (Å²) >= 11 is 11.1. The summed E-state index contributed by atoms with van der Waals surface area (Å²) in [6.45, 7) is 0. The van der Waals surface area contributed by atoms with Gasteiger partial charge in [-0.05, 0) is 17.7 Å². The first-order valence-corrected chi connectivity index (χ1v) is 7.93. The van der Waals surface area contributed by atoms with Crippen LogP contribution in [0.1, 0.15) is 16.8 Å². The smallest absolute Gasteiger partial charge is 0.261 e. The summed E-state index contributed by atoms with van der Waals surface area (Å²) in [5.74, 6) is 0.528. The molecular weight excluding hydrogens is 341 g/mol. The number of rotatable bonds is 4. The highest BCUT2D eigenvalue weighted by Crippen LogP contribution is 2.37. The topological polar surface area (TPSA) is 17.8 Å². The summed E-state index contributed by atoms with van der Waals surface area (Å²) in [6.07, 6.45) is -4.46. The normalized spacial score (nSPS) is 11.9. The van der Waals surface area contributed by atoms with Gasteiger partial charge in [0.15, 0.2) is 5.69 Å². The number of aryl methyl sites for hydroxylation is 1. The van der Waals surface area contributed by atoms with Gasteiger partial charge in [0, 0.05) is 29.1 Å². The second-order valence-corrected chi connectivity index (χ2v) is 6.04. The molecule has 8 heteroatoms. The van der Waals surface area contributed by atoms with Gasteiger partial charge in [0.1, 0.15) is 0 Å². The third-order valence-electron chi connectivity index (χ3n) is 2.80. The SMILES string of the molecule is Cn1nc(C(F)(F)F)c(CS)c1SCc1ccc(Cl)cc1. The Hall–Kier alpha value is -0.790. The van der Waals surface area contributed by atoms with Crippen LogP contribution in [0.2, 0.25) is 5.02 Å². The fraction of sp³-hybridized carbons (Fsp3) is 0.308. The van der Waals surface area contributed by atoms with Crippen molar-refractivity contribution < 1.29 is 13.2 Å². The van der Waals surface area contributed by atoms with Crippen LogP contribution in [-0.4, -0.2) is 9.78 Å². The molecule has 1 heterocycles. The standard InChI is InChI=1S/C13H12ClF3N2S2/c1-19-12(10(6-20)11(18-19)13(15,16)17)21-7-8-2-4-9(14)5-3-8/h2-5,20H,6-7H2,1H3. The summed E-state index contributed by atoms with van der Waals surface area (Å²) in [7, 11) is 1.51. The van der Waals surface area contributed by atoms with Crippen molar-refractivity contribution in [3.63, 3.8) is 0 Å². The largest absolute Gasteiger partial charge is 0.435 e. The molecule has 0 aliphatic carbocycles. The lowest BCUT2D eigenvalue weighted by Crippen LogP contribution is -2.08. The summed E-state index contributed by atoms with van der Waals surface area (Å²) in [6, 6.07) is 7.19. The van der Waals surface area contributed by atoms with Crippen LogP contribution < -0.4 is 0 Å². The van der Waals surface area contributed by atoms with Crippen molar-refractivity contribution in [1.82, 2.24) is 9.78 Å². The first-order valence-electron chi connectivity index (χ1n) is 5.94. The maximum Gasteiger partial charge on any atom is 0.435 e. The summed E-state index contributed by atoms with van der Waals surface area (Å²) in [5, 5.41) is 4.68. The van der Waals surface area contributed by atoms with Crippen molar-refractivity contribution in [3.05, 3.63) is 46.1 Å². The van der Waals surface area contributed by atoms with E-state index in [1.165, 1.54) is 23.5 Å². The van der Waals surface area contributed by atoms with E-state index in [2.05, 4.69) is 17.7 Å². The van der Waals surface area contributed by atoms with E-state index < -0.39 is 11.9 Å². The monoisotopic (exact) mass is 352 g/mol. The lowest BCUT2D eigenvalue weighted by Gasteiger charge is -2.06. The molecule has 0 unspecified atom stereocenters. The van der Waals surface area contributed by atoms with E-state index in [1.807, 2.05) is 12.1 Å². The van der Waals surface area contributed by atoms with E-state index in [0.717, 1.165) is 5.56 Å². The Morgan fingerprint density at radius 1 is 1.29 bits per heavy atom. The van der Waals surface area contributed by atoms with Gasteiger partial charge >= 0.3 is 6.18 Å². The van der Waals surface area contributed by atoms with Gasteiger partial charge in [-0.15, -0.1) is 11.8 Å². The first-order chi connectivity index (χ1) is 9.82. The van der Waals surface area contributed by atoms with Crippen molar-refractivity contribution in [2.75, 3.05) is 0 Å². The molecule has 0 aliphatic heterocycles. The molecule has 0 radical (unpaired) electrons. The van der Waals surface area contributed by atoms with E-state index >= 15 is 0 Å². The average Bonchev–Trinajstić information content (AvgIpc) is 2.74. The highest BCUT2D eigenvalue weighted by molar-refractivity contribution is 7.98. The highest BCUT2D eigenvalue weighted by Gasteiger charge is 2.38. The van der Waals surface area contributed by atoms with Crippen LogP contribution in [-0.2, 0) is 24.7 Å². The lowest BCUT2D eigenvalue weighted by atomic mass is 10.2. The summed E-state index contributed by atoms with van der Waals surface area (Å²) in [5.41, 5.74) is 0.232. The quantitative estimate of drug-likeness (QED) is 0.628. The molecule has 1 aromatic heterocycles. The van der Waals surface area contributed by atoms with Crippen molar-refractivity contribution in [2.24, 2.45) is 7.05 Å².